The van der Waals surface area contributed by atoms with Crippen LogP contribution in [0, 0.1) is 5.92 Å². The first-order valence-corrected chi connectivity index (χ1v) is 8.20. The van der Waals surface area contributed by atoms with Gasteiger partial charge in [0.15, 0.2) is 0 Å². The highest BCUT2D eigenvalue weighted by Gasteiger charge is 2.17. The summed E-state index contributed by atoms with van der Waals surface area (Å²) in [5.74, 6) is 0.0736. The van der Waals surface area contributed by atoms with Gasteiger partial charge in [-0.25, -0.2) is 0 Å². The lowest BCUT2D eigenvalue weighted by Crippen LogP contribution is -2.16. The van der Waals surface area contributed by atoms with E-state index >= 15 is 0 Å². The van der Waals surface area contributed by atoms with Crippen LogP contribution >= 0.6 is 43.2 Å². The first-order valence-electron chi connectivity index (χ1n) is 5.80. The van der Waals surface area contributed by atoms with Gasteiger partial charge >= 0.3 is 5.97 Å². The molecule has 3 nitrogen and oxygen atoms in total. The smallest absolute Gasteiger partial charge is 0.306 e. The summed E-state index contributed by atoms with van der Waals surface area (Å²) in [5, 5.41) is 0. The number of ether oxygens (including phenoxy) is 1. The molecule has 0 saturated carbocycles. The van der Waals surface area contributed by atoms with Crippen molar-refractivity contribution >= 4 is 49.2 Å². The Morgan fingerprint density at radius 3 is 2.72 bits per heavy atom. The summed E-state index contributed by atoms with van der Waals surface area (Å²) in [6.07, 6.45) is 1.20. The van der Waals surface area contributed by atoms with E-state index in [1.807, 2.05) is 19.9 Å². The molecule has 0 fully saturated rings. The lowest BCUT2D eigenvalue weighted by atomic mass is 9.98. The van der Waals surface area contributed by atoms with Crippen molar-refractivity contribution in [1.29, 1.82) is 0 Å². The molecule has 0 aliphatic carbocycles. The Morgan fingerprint density at radius 2 is 2.22 bits per heavy atom. The predicted molar refractivity (Wildman–Crippen MR) is 81.7 cm³/mol. The number of nitrogens with two attached hydrogens (primary N) is 1. The average Bonchev–Trinajstić information content (AvgIpc) is 2.59. The lowest BCUT2D eigenvalue weighted by molar-refractivity contribution is -0.144. The van der Waals surface area contributed by atoms with Gasteiger partial charge in [0.25, 0.3) is 0 Å². The van der Waals surface area contributed by atoms with Gasteiger partial charge in [-0.2, -0.15) is 0 Å². The molecule has 1 aromatic heterocycles. The zero-order valence-electron chi connectivity index (χ0n) is 10.4. The van der Waals surface area contributed by atoms with Crippen LogP contribution in [0.1, 0.15) is 37.6 Å². The Bertz CT molecular complexity index is 389. The number of halogens is 2. The van der Waals surface area contributed by atoms with Crippen LogP contribution in [0.25, 0.3) is 0 Å². The molecule has 6 heteroatoms. The number of carbonyl (C=O) groups is 1. The number of carbonyl (C=O) groups excluding carboxylic acids is 1. The summed E-state index contributed by atoms with van der Waals surface area (Å²) in [7, 11) is 0. The minimum Gasteiger partial charge on any atom is -0.466 e. The van der Waals surface area contributed by atoms with Crippen LogP contribution < -0.4 is 5.73 Å². The molecule has 2 N–H and O–H groups in total. The molecular formula is C12H17Br2NO2S. The van der Waals surface area contributed by atoms with E-state index in [0.29, 0.717) is 13.0 Å². The van der Waals surface area contributed by atoms with Crippen LogP contribution in [0.15, 0.2) is 14.3 Å². The maximum atomic E-state index is 11.4. The molecule has 0 amide bonds. The van der Waals surface area contributed by atoms with Crippen molar-refractivity contribution in [3.8, 4) is 0 Å². The number of esters is 1. The van der Waals surface area contributed by atoms with E-state index < -0.39 is 0 Å². The second kappa shape index (κ2) is 7.62. The van der Waals surface area contributed by atoms with E-state index in [1.165, 1.54) is 0 Å². The maximum absolute atomic E-state index is 11.4. The summed E-state index contributed by atoms with van der Waals surface area (Å²) in [4.78, 5) is 12.5. The van der Waals surface area contributed by atoms with Crippen molar-refractivity contribution in [3.63, 3.8) is 0 Å². The van der Waals surface area contributed by atoms with Crippen molar-refractivity contribution in [2.24, 2.45) is 11.7 Å². The third-order valence-corrected chi connectivity index (χ3v) is 5.89. The van der Waals surface area contributed by atoms with Crippen LogP contribution in [-0.4, -0.2) is 12.6 Å². The Kier molecular flexibility index (Phi) is 6.84. The van der Waals surface area contributed by atoms with Crippen LogP contribution in [0.4, 0.5) is 0 Å². The summed E-state index contributed by atoms with van der Waals surface area (Å²) in [5.41, 5.74) is 6.14. The Hall–Kier alpha value is 0.0900. The topological polar surface area (TPSA) is 52.3 Å². The molecule has 1 rings (SSSR count). The van der Waals surface area contributed by atoms with Gasteiger partial charge < -0.3 is 10.5 Å². The summed E-state index contributed by atoms with van der Waals surface area (Å²) in [6.45, 7) is 4.27. The standard InChI is InChI=1S/C12H17Br2NO2S/c1-3-17-11(16)5-7(2)4-9(15)10-6-8(13)12(14)18-10/h6-7,9H,3-5,15H2,1-2H3. The van der Waals surface area contributed by atoms with Crippen LogP contribution in [0.3, 0.4) is 0 Å². The van der Waals surface area contributed by atoms with Crippen molar-refractivity contribution in [2.75, 3.05) is 6.61 Å². The molecule has 0 spiro atoms. The number of thiophene rings is 1. The SMILES string of the molecule is CCOC(=O)CC(C)CC(N)c1cc(Br)c(Br)s1. The Morgan fingerprint density at radius 1 is 1.56 bits per heavy atom. The van der Waals surface area contributed by atoms with E-state index in [1.54, 1.807) is 11.3 Å². The second-order valence-corrected chi connectivity index (χ2v) is 7.48. The van der Waals surface area contributed by atoms with Crippen molar-refractivity contribution in [1.82, 2.24) is 0 Å². The van der Waals surface area contributed by atoms with E-state index in [2.05, 4.69) is 31.9 Å². The van der Waals surface area contributed by atoms with Gasteiger partial charge in [-0.05, 0) is 57.2 Å². The highest BCUT2D eigenvalue weighted by molar-refractivity contribution is 9.13. The first-order chi connectivity index (χ1) is 8.43. The number of hydrogen-bond donors (Lipinski definition) is 1. The third-order valence-electron chi connectivity index (χ3n) is 2.51. The molecule has 2 unspecified atom stereocenters. The van der Waals surface area contributed by atoms with Gasteiger partial charge in [0, 0.05) is 21.8 Å². The molecule has 0 aromatic carbocycles. The predicted octanol–water partition coefficient (Wildman–Crippen LogP) is 4.25. The summed E-state index contributed by atoms with van der Waals surface area (Å²) >= 11 is 8.52. The van der Waals surface area contributed by atoms with Gasteiger partial charge in [0.05, 0.1) is 10.4 Å². The highest BCUT2D eigenvalue weighted by Crippen LogP contribution is 2.36. The molecule has 1 aromatic rings. The zero-order valence-corrected chi connectivity index (χ0v) is 14.4. The largest absolute Gasteiger partial charge is 0.466 e. The molecule has 1 heterocycles. The Balaban J connectivity index is 2.48. The van der Waals surface area contributed by atoms with Crippen LogP contribution in [-0.2, 0) is 9.53 Å². The average molecular weight is 399 g/mol. The van der Waals surface area contributed by atoms with E-state index in [4.69, 9.17) is 10.5 Å². The fraction of sp³-hybridized carbons (Fsp3) is 0.583. The van der Waals surface area contributed by atoms with E-state index in [0.717, 1.165) is 19.6 Å². The molecule has 18 heavy (non-hydrogen) atoms. The minimum absolute atomic E-state index is 0.0398. The van der Waals surface area contributed by atoms with Gasteiger partial charge in [-0.15, -0.1) is 11.3 Å². The van der Waals surface area contributed by atoms with Gasteiger partial charge in [-0.1, -0.05) is 6.92 Å². The molecule has 0 aliphatic heterocycles. The van der Waals surface area contributed by atoms with E-state index in [-0.39, 0.29) is 17.9 Å². The van der Waals surface area contributed by atoms with Gasteiger partial charge in [-0.3, -0.25) is 4.79 Å². The molecule has 2 atom stereocenters. The molecule has 0 bridgehead atoms. The highest BCUT2D eigenvalue weighted by atomic mass is 79.9. The molecule has 0 saturated heterocycles. The second-order valence-electron chi connectivity index (χ2n) is 4.23. The van der Waals surface area contributed by atoms with Crippen LogP contribution in [0.2, 0.25) is 0 Å². The Labute approximate surface area is 128 Å². The van der Waals surface area contributed by atoms with Gasteiger partial charge in [0.2, 0.25) is 0 Å². The lowest BCUT2D eigenvalue weighted by Gasteiger charge is -2.15. The summed E-state index contributed by atoms with van der Waals surface area (Å²) < 4.78 is 7.00. The fourth-order valence-electron chi connectivity index (χ4n) is 1.68. The molecule has 102 valence electrons. The molecule has 0 radical (unpaired) electrons. The van der Waals surface area contributed by atoms with Crippen molar-refractivity contribution < 1.29 is 9.53 Å². The maximum Gasteiger partial charge on any atom is 0.306 e. The first kappa shape index (κ1) is 16.1. The zero-order chi connectivity index (χ0) is 13.7. The third kappa shape index (κ3) is 4.99. The summed E-state index contributed by atoms with van der Waals surface area (Å²) in [6, 6.07) is 1.98. The monoisotopic (exact) mass is 397 g/mol. The molecule has 0 aliphatic rings. The van der Waals surface area contributed by atoms with E-state index in [9.17, 15) is 4.79 Å². The normalized spacial score (nSPS) is 14.3. The molecular weight excluding hydrogens is 382 g/mol. The van der Waals surface area contributed by atoms with Crippen molar-refractivity contribution in [3.05, 3.63) is 19.2 Å². The quantitative estimate of drug-likeness (QED) is 0.728. The number of rotatable bonds is 6. The van der Waals surface area contributed by atoms with Gasteiger partial charge in [0.1, 0.15) is 0 Å². The van der Waals surface area contributed by atoms with Crippen molar-refractivity contribution in [2.45, 2.75) is 32.7 Å². The number of hydrogen-bond acceptors (Lipinski definition) is 4. The fourth-order valence-corrected chi connectivity index (χ4v) is 3.79. The van der Waals surface area contributed by atoms with Crippen LogP contribution in [0.5, 0.6) is 0 Å². The minimum atomic E-state index is -0.147.